The Morgan fingerprint density at radius 3 is 2.59 bits per heavy atom. The second kappa shape index (κ2) is 8.02. The first kappa shape index (κ1) is 18.6. The summed E-state index contributed by atoms with van der Waals surface area (Å²) in [5, 5.41) is 14.0. The number of pyridine rings is 1. The Kier molecular flexibility index (Phi) is 5.53. The highest BCUT2D eigenvalue weighted by atomic mass is 35.5. The van der Waals surface area contributed by atoms with Crippen LogP contribution in [0.1, 0.15) is 12.5 Å². The van der Waals surface area contributed by atoms with Gasteiger partial charge >= 0.3 is 0 Å². The summed E-state index contributed by atoms with van der Waals surface area (Å²) in [5.74, 6) is 1.73. The van der Waals surface area contributed by atoms with Crippen LogP contribution >= 0.6 is 11.6 Å². The fourth-order valence-corrected chi connectivity index (χ4v) is 2.98. The summed E-state index contributed by atoms with van der Waals surface area (Å²) in [4.78, 5) is 4.35. The van der Waals surface area contributed by atoms with Crippen molar-refractivity contribution in [2.75, 3.05) is 26.1 Å². The van der Waals surface area contributed by atoms with Crippen LogP contribution in [0.3, 0.4) is 0 Å². The highest BCUT2D eigenvalue weighted by Gasteiger charge is 2.15. The molecule has 1 N–H and O–H groups in total. The molecule has 0 amide bonds. The van der Waals surface area contributed by atoms with Crippen LogP contribution in [0.2, 0.25) is 5.02 Å². The summed E-state index contributed by atoms with van der Waals surface area (Å²) < 4.78 is 16.3. The Balaban J connectivity index is 2.17. The van der Waals surface area contributed by atoms with Crippen molar-refractivity contribution in [3.05, 3.63) is 47.1 Å². The molecule has 2 aromatic carbocycles. The molecule has 1 aromatic heterocycles. The highest BCUT2D eigenvalue weighted by Crippen LogP contribution is 2.39. The second-order valence-electron chi connectivity index (χ2n) is 5.58. The molecule has 3 rings (SSSR count). The first-order chi connectivity index (χ1) is 13.1. The maximum Gasteiger partial charge on any atom is 0.146 e. The van der Waals surface area contributed by atoms with Crippen LogP contribution < -0.4 is 19.5 Å². The van der Waals surface area contributed by atoms with E-state index in [0.29, 0.717) is 45.8 Å². The Hall–Kier alpha value is -3.17. The number of benzene rings is 2. The fraction of sp³-hybridized carbons (Fsp3) is 0.200. The number of fused-ring (bicyclic) bond motifs is 1. The molecule has 0 radical (unpaired) electrons. The summed E-state index contributed by atoms with van der Waals surface area (Å²) in [6, 6.07) is 11.1. The lowest BCUT2D eigenvalue weighted by molar-refractivity contribution is 0.340. The molecule has 0 aliphatic heterocycles. The van der Waals surface area contributed by atoms with Crippen LogP contribution in [0.15, 0.2) is 36.5 Å². The summed E-state index contributed by atoms with van der Waals surface area (Å²) >= 11 is 6.27. The van der Waals surface area contributed by atoms with Gasteiger partial charge in [-0.2, -0.15) is 5.26 Å². The van der Waals surface area contributed by atoms with Gasteiger partial charge in [0.05, 0.1) is 48.3 Å². The van der Waals surface area contributed by atoms with Crippen molar-refractivity contribution in [2.45, 2.75) is 6.92 Å². The Morgan fingerprint density at radius 2 is 1.93 bits per heavy atom. The standard InChI is InChI=1S/C20H18ClN3O3/c1-4-27-13-5-6-16-14(7-13)20(12(10-22)11-23-16)24-17-8-15(21)18(25-2)9-19(17)26-3/h5-9,11H,4H2,1-3H3,(H,23,24). The van der Waals surface area contributed by atoms with Crippen LogP contribution in [0, 0.1) is 11.3 Å². The molecule has 138 valence electrons. The van der Waals surface area contributed by atoms with Crippen LogP contribution in [0.5, 0.6) is 17.2 Å². The smallest absolute Gasteiger partial charge is 0.146 e. The van der Waals surface area contributed by atoms with E-state index < -0.39 is 0 Å². The van der Waals surface area contributed by atoms with Gasteiger partial charge in [0, 0.05) is 17.6 Å². The molecule has 0 bridgehead atoms. The van der Waals surface area contributed by atoms with Crippen LogP contribution in [-0.4, -0.2) is 25.8 Å². The minimum atomic E-state index is 0.394. The van der Waals surface area contributed by atoms with Crippen molar-refractivity contribution in [1.82, 2.24) is 4.98 Å². The molecular formula is C20H18ClN3O3. The van der Waals surface area contributed by atoms with Crippen molar-refractivity contribution in [2.24, 2.45) is 0 Å². The maximum absolute atomic E-state index is 9.55. The molecule has 7 heteroatoms. The van der Waals surface area contributed by atoms with Gasteiger partial charge in [-0.25, -0.2) is 0 Å². The number of nitrogens with zero attached hydrogens (tertiary/aromatic N) is 2. The lowest BCUT2D eigenvalue weighted by atomic mass is 10.1. The number of anilines is 2. The number of methoxy groups -OCH3 is 2. The minimum absolute atomic E-state index is 0.394. The monoisotopic (exact) mass is 383 g/mol. The zero-order chi connectivity index (χ0) is 19.4. The number of hydrogen-bond donors (Lipinski definition) is 1. The van der Waals surface area contributed by atoms with Gasteiger partial charge in [0.1, 0.15) is 23.3 Å². The lowest BCUT2D eigenvalue weighted by Gasteiger charge is -2.16. The number of halogens is 1. The van der Waals surface area contributed by atoms with E-state index in [1.807, 2.05) is 25.1 Å². The third-order valence-electron chi connectivity index (χ3n) is 4.00. The summed E-state index contributed by atoms with van der Waals surface area (Å²) in [6.45, 7) is 2.46. The highest BCUT2D eigenvalue weighted by molar-refractivity contribution is 6.32. The topological polar surface area (TPSA) is 76.4 Å². The van der Waals surface area contributed by atoms with Gasteiger partial charge in [-0.05, 0) is 31.2 Å². The quantitative estimate of drug-likeness (QED) is 0.651. The number of nitrogens with one attached hydrogen (secondary N) is 1. The van der Waals surface area contributed by atoms with Crippen molar-refractivity contribution >= 4 is 33.9 Å². The molecule has 0 spiro atoms. The average molecular weight is 384 g/mol. The molecule has 0 fully saturated rings. The predicted octanol–water partition coefficient (Wildman–Crippen LogP) is 4.92. The first-order valence-corrected chi connectivity index (χ1v) is 8.63. The summed E-state index contributed by atoms with van der Waals surface area (Å²) in [5.41, 5.74) is 2.33. The average Bonchev–Trinajstić information content (AvgIpc) is 2.69. The molecule has 0 aliphatic rings. The van der Waals surface area contributed by atoms with Crippen LogP contribution in [-0.2, 0) is 0 Å². The number of nitriles is 1. The number of hydrogen-bond acceptors (Lipinski definition) is 6. The molecule has 0 saturated carbocycles. The molecule has 0 aliphatic carbocycles. The van der Waals surface area contributed by atoms with Crippen LogP contribution in [0.4, 0.5) is 11.4 Å². The van der Waals surface area contributed by atoms with E-state index in [0.717, 1.165) is 10.9 Å². The predicted molar refractivity (Wildman–Crippen MR) is 105 cm³/mol. The van der Waals surface area contributed by atoms with E-state index in [-0.39, 0.29) is 0 Å². The maximum atomic E-state index is 9.55. The minimum Gasteiger partial charge on any atom is -0.495 e. The first-order valence-electron chi connectivity index (χ1n) is 8.25. The van der Waals surface area contributed by atoms with E-state index in [9.17, 15) is 5.26 Å². The van der Waals surface area contributed by atoms with E-state index >= 15 is 0 Å². The lowest BCUT2D eigenvalue weighted by Crippen LogP contribution is -2.00. The molecule has 0 saturated heterocycles. The molecular weight excluding hydrogens is 366 g/mol. The normalized spacial score (nSPS) is 10.3. The van der Waals surface area contributed by atoms with Gasteiger partial charge in [-0.15, -0.1) is 0 Å². The van der Waals surface area contributed by atoms with Gasteiger partial charge in [-0.1, -0.05) is 11.6 Å². The van der Waals surface area contributed by atoms with Crippen molar-refractivity contribution in [3.8, 4) is 23.3 Å². The number of aromatic nitrogens is 1. The van der Waals surface area contributed by atoms with Gasteiger partial charge < -0.3 is 19.5 Å². The van der Waals surface area contributed by atoms with Gasteiger partial charge in [0.2, 0.25) is 0 Å². The molecule has 27 heavy (non-hydrogen) atoms. The van der Waals surface area contributed by atoms with Crippen molar-refractivity contribution in [3.63, 3.8) is 0 Å². The van der Waals surface area contributed by atoms with Gasteiger partial charge in [-0.3, -0.25) is 4.98 Å². The third kappa shape index (κ3) is 3.69. The molecule has 1 heterocycles. The molecule has 6 nitrogen and oxygen atoms in total. The molecule has 0 atom stereocenters. The summed E-state index contributed by atoms with van der Waals surface area (Å²) in [6.07, 6.45) is 1.53. The fourth-order valence-electron chi connectivity index (χ4n) is 2.74. The van der Waals surface area contributed by atoms with E-state index in [1.165, 1.54) is 13.3 Å². The van der Waals surface area contributed by atoms with Gasteiger partial charge in [0.15, 0.2) is 0 Å². The largest absolute Gasteiger partial charge is 0.495 e. The van der Waals surface area contributed by atoms with Crippen LogP contribution in [0.25, 0.3) is 10.9 Å². The van der Waals surface area contributed by atoms with E-state index in [1.54, 1.807) is 19.2 Å². The van der Waals surface area contributed by atoms with E-state index in [2.05, 4.69) is 16.4 Å². The third-order valence-corrected chi connectivity index (χ3v) is 4.30. The number of ether oxygens (including phenoxy) is 3. The van der Waals surface area contributed by atoms with Crippen molar-refractivity contribution < 1.29 is 14.2 Å². The SMILES string of the molecule is CCOc1ccc2ncc(C#N)c(Nc3cc(Cl)c(OC)cc3OC)c2c1. The zero-order valence-corrected chi connectivity index (χ0v) is 15.9. The molecule has 3 aromatic rings. The Morgan fingerprint density at radius 1 is 1.15 bits per heavy atom. The summed E-state index contributed by atoms with van der Waals surface area (Å²) in [7, 11) is 3.09. The molecule has 0 unspecified atom stereocenters. The second-order valence-corrected chi connectivity index (χ2v) is 5.99. The Labute approximate surface area is 162 Å². The Bertz CT molecular complexity index is 1030. The van der Waals surface area contributed by atoms with E-state index in [4.69, 9.17) is 25.8 Å². The number of rotatable bonds is 6. The van der Waals surface area contributed by atoms with Crippen molar-refractivity contribution in [1.29, 1.82) is 5.26 Å². The zero-order valence-electron chi connectivity index (χ0n) is 15.2. The van der Waals surface area contributed by atoms with Gasteiger partial charge in [0.25, 0.3) is 0 Å².